The van der Waals surface area contributed by atoms with Gasteiger partial charge in [-0.1, -0.05) is 71.9 Å². The average Bonchev–Trinajstić information content (AvgIpc) is 3.30. The summed E-state index contributed by atoms with van der Waals surface area (Å²) in [6.07, 6.45) is 0.353. The second kappa shape index (κ2) is 9.64. The number of rotatable bonds is 6. The molecule has 2 amide bonds. The molecule has 0 fully saturated rings. The number of carbonyl (C=O) groups is 2. The summed E-state index contributed by atoms with van der Waals surface area (Å²) < 4.78 is 0. The average molecular weight is 466 g/mol. The molecule has 0 aliphatic carbocycles. The van der Waals surface area contributed by atoms with Crippen molar-refractivity contribution in [1.29, 1.82) is 0 Å². The molecule has 0 unspecified atom stereocenters. The highest BCUT2D eigenvalue weighted by atomic mass is 16.6. The number of hydrogen-bond donors (Lipinski definition) is 2. The molecule has 1 atom stereocenters. The van der Waals surface area contributed by atoms with Crippen molar-refractivity contribution in [2.75, 3.05) is 18.6 Å². The van der Waals surface area contributed by atoms with Gasteiger partial charge in [0.05, 0.1) is 24.2 Å². The van der Waals surface area contributed by atoms with Crippen molar-refractivity contribution < 1.29 is 14.4 Å². The lowest BCUT2D eigenvalue weighted by Gasteiger charge is -2.23. The number of nitrogens with zero attached hydrogens (tertiary/aromatic N) is 3. The molecular weight excluding hydrogens is 442 g/mol. The molecule has 3 aromatic carbocycles. The monoisotopic (exact) mass is 465 g/mol. The number of aliphatic imine (C=N–C) groups is 1. The lowest BCUT2D eigenvalue weighted by atomic mass is 10.0. The Kier molecular flexibility index (Phi) is 6.09. The third-order valence-electron chi connectivity index (χ3n) is 5.74. The van der Waals surface area contributed by atoms with E-state index in [2.05, 4.69) is 15.5 Å². The van der Waals surface area contributed by atoms with Gasteiger partial charge >= 0.3 is 0 Å². The third kappa shape index (κ3) is 4.41. The van der Waals surface area contributed by atoms with E-state index in [0.29, 0.717) is 17.1 Å². The van der Waals surface area contributed by atoms with Gasteiger partial charge in [0.2, 0.25) is 6.17 Å². The van der Waals surface area contributed by atoms with E-state index in [1.807, 2.05) is 78.9 Å². The number of carbonyl (C=O) groups excluding carboxylic acids is 2. The molecule has 8 nitrogen and oxygen atoms in total. The molecule has 1 aliphatic rings. The van der Waals surface area contributed by atoms with E-state index >= 15 is 0 Å². The highest BCUT2D eigenvalue weighted by molar-refractivity contribution is 6.20. The Morgan fingerprint density at radius 1 is 1.09 bits per heavy atom. The van der Waals surface area contributed by atoms with Crippen LogP contribution in [-0.4, -0.2) is 48.5 Å². The molecule has 5 rings (SSSR count). The van der Waals surface area contributed by atoms with Crippen LogP contribution in [0.3, 0.4) is 0 Å². The van der Waals surface area contributed by atoms with Gasteiger partial charge in [0.15, 0.2) is 0 Å². The zero-order valence-electron chi connectivity index (χ0n) is 19.0. The van der Waals surface area contributed by atoms with Gasteiger partial charge in [-0.2, -0.15) is 0 Å². The van der Waals surface area contributed by atoms with Crippen LogP contribution in [-0.2, 0) is 9.63 Å². The summed E-state index contributed by atoms with van der Waals surface area (Å²) >= 11 is 0. The molecule has 174 valence electrons. The van der Waals surface area contributed by atoms with Gasteiger partial charge in [-0.15, -0.1) is 0 Å². The Labute approximate surface area is 201 Å². The summed E-state index contributed by atoms with van der Waals surface area (Å²) in [7, 11) is 1.44. The fourth-order valence-corrected chi connectivity index (χ4v) is 4.12. The largest absolute Gasteiger partial charge is 0.399 e. The number of hydrogen-bond acceptors (Lipinski definition) is 5. The first-order valence-corrected chi connectivity index (χ1v) is 11.1. The van der Waals surface area contributed by atoms with E-state index in [1.165, 1.54) is 13.3 Å². The van der Waals surface area contributed by atoms with Crippen molar-refractivity contribution in [3.05, 3.63) is 102 Å². The standard InChI is InChI=1S/C27H23N5O3/c1-35-28-15-16-32-23-14-8-6-12-20(23)24(18-9-3-2-4-10-18)30-25(27(32)34)31-26(33)22-17-19-11-5-7-13-21(19)29-22/h2-15,17,25,29H,16H2,1H3,(H,31,33)/t25-/m1/s1. The molecule has 8 heteroatoms. The van der Waals surface area contributed by atoms with Crippen LogP contribution in [0.25, 0.3) is 10.9 Å². The maximum absolute atomic E-state index is 13.7. The zero-order chi connectivity index (χ0) is 24.2. The van der Waals surface area contributed by atoms with Crippen LogP contribution in [0.15, 0.2) is 95.1 Å². The minimum atomic E-state index is -1.15. The molecule has 0 saturated carbocycles. The highest BCUT2D eigenvalue weighted by Gasteiger charge is 2.33. The minimum absolute atomic E-state index is 0.153. The second-order valence-electron chi connectivity index (χ2n) is 7.93. The van der Waals surface area contributed by atoms with Gasteiger partial charge in [0, 0.05) is 22.0 Å². The molecule has 1 aromatic heterocycles. The number of benzene rings is 3. The predicted molar refractivity (Wildman–Crippen MR) is 136 cm³/mol. The number of amides is 2. The summed E-state index contributed by atoms with van der Waals surface area (Å²) in [6.45, 7) is 0.153. The summed E-state index contributed by atoms with van der Waals surface area (Å²) in [5.41, 5.74) is 4.09. The van der Waals surface area contributed by atoms with E-state index in [0.717, 1.165) is 22.0 Å². The lowest BCUT2D eigenvalue weighted by Crippen LogP contribution is -2.48. The highest BCUT2D eigenvalue weighted by Crippen LogP contribution is 2.28. The number of benzodiazepines with no additional fused rings is 1. The topological polar surface area (TPSA) is 99.1 Å². The van der Waals surface area contributed by atoms with Crippen molar-refractivity contribution >= 4 is 40.3 Å². The van der Waals surface area contributed by atoms with Crippen LogP contribution in [0.1, 0.15) is 21.6 Å². The summed E-state index contributed by atoms with van der Waals surface area (Å²) in [4.78, 5) is 41.1. The first-order chi connectivity index (χ1) is 17.2. The quantitative estimate of drug-likeness (QED) is 0.335. The van der Waals surface area contributed by atoms with E-state index in [-0.39, 0.29) is 12.5 Å². The van der Waals surface area contributed by atoms with Crippen LogP contribution in [0.5, 0.6) is 0 Å². The zero-order valence-corrected chi connectivity index (χ0v) is 19.0. The number of anilines is 1. The molecule has 0 bridgehead atoms. The van der Waals surface area contributed by atoms with Crippen molar-refractivity contribution in [2.45, 2.75) is 6.17 Å². The fraction of sp³-hybridized carbons (Fsp3) is 0.111. The van der Waals surface area contributed by atoms with Crippen LogP contribution in [0, 0.1) is 0 Å². The molecule has 35 heavy (non-hydrogen) atoms. The third-order valence-corrected chi connectivity index (χ3v) is 5.74. The van der Waals surface area contributed by atoms with Gasteiger partial charge in [-0.05, 0) is 18.2 Å². The van der Waals surface area contributed by atoms with Crippen molar-refractivity contribution in [1.82, 2.24) is 10.3 Å². The maximum atomic E-state index is 13.7. The molecule has 0 spiro atoms. The lowest BCUT2D eigenvalue weighted by molar-refractivity contribution is -0.120. The Morgan fingerprint density at radius 2 is 1.83 bits per heavy atom. The molecular formula is C27H23N5O3. The fourth-order valence-electron chi connectivity index (χ4n) is 4.12. The van der Waals surface area contributed by atoms with E-state index in [1.54, 1.807) is 11.0 Å². The van der Waals surface area contributed by atoms with Crippen molar-refractivity contribution in [3.8, 4) is 0 Å². The molecule has 0 saturated heterocycles. The SMILES string of the molecule is CON=CCN1C(=O)[C@@H](NC(=O)c2cc3ccccc3[nH]2)N=C(c2ccccc2)c2ccccc21. The second-order valence-corrected chi connectivity index (χ2v) is 7.93. The van der Waals surface area contributed by atoms with Gasteiger partial charge < -0.3 is 20.0 Å². The first-order valence-electron chi connectivity index (χ1n) is 11.1. The summed E-state index contributed by atoms with van der Waals surface area (Å²) in [5, 5.41) is 7.51. The van der Waals surface area contributed by atoms with Crippen LogP contribution >= 0.6 is 0 Å². The summed E-state index contributed by atoms with van der Waals surface area (Å²) in [5.74, 6) is -0.803. The van der Waals surface area contributed by atoms with E-state index in [9.17, 15) is 9.59 Å². The maximum Gasteiger partial charge on any atom is 0.272 e. The van der Waals surface area contributed by atoms with Gasteiger partial charge in [0.1, 0.15) is 12.8 Å². The molecule has 2 heterocycles. The minimum Gasteiger partial charge on any atom is -0.399 e. The van der Waals surface area contributed by atoms with Crippen LogP contribution < -0.4 is 10.2 Å². The Hall–Kier alpha value is -4.72. The molecule has 4 aromatic rings. The number of aromatic amines is 1. The molecule has 1 aliphatic heterocycles. The Balaban J connectivity index is 1.57. The smallest absolute Gasteiger partial charge is 0.272 e. The number of aromatic nitrogens is 1. The number of fused-ring (bicyclic) bond motifs is 2. The Bertz CT molecular complexity index is 1410. The number of oxime groups is 1. The van der Waals surface area contributed by atoms with Crippen molar-refractivity contribution in [2.24, 2.45) is 10.1 Å². The van der Waals surface area contributed by atoms with E-state index < -0.39 is 12.1 Å². The normalized spacial score (nSPS) is 15.6. The molecule has 0 radical (unpaired) electrons. The molecule has 2 N–H and O–H groups in total. The Morgan fingerprint density at radius 3 is 2.63 bits per heavy atom. The first kappa shape index (κ1) is 22.1. The number of nitrogens with one attached hydrogen (secondary N) is 2. The number of H-pyrrole nitrogens is 1. The van der Waals surface area contributed by atoms with E-state index in [4.69, 9.17) is 9.83 Å². The number of para-hydroxylation sites is 2. The van der Waals surface area contributed by atoms with Gasteiger partial charge in [0.25, 0.3) is 11.8 Å². The summed E-state index contributed by atoms with van der Waals surface area (Å²) in [6, 6.07) is 26.5. The van der Waals surface area contributed by atoms with Gasteiger partial charge in [-0.25, -0.2) is 4.99 Å². The predicted octanol–water partition coefficient (Wildman–Crippen LogP) is 3.74. The van der Waals surface area contributed by atoms with Crippen LogP contribution in [0.4, 0.5) is 5.69 Å². The van der Waals surface area contributed by atoms with Crippen molar-refractivity contribution in [3.63, 3.8) is 0 Å². The van der Waals surface area contributed by atoms with Crippen LogP contribution in [0.2, 0.25) is 0 Å². The van der Waals surface area contributed by atoms with Gasteiger partial charge in [-0.3, -0.25) is 9.59 Å².